The first-order valence-electron chi connectivity index (χ1n) is 10.0. The van der Waals surface area contributed by atoms with Crippen molar-refractivity contribution in [3.63, 3.8) is 0 Å². The first-order chi connectivity index (χ1) is 12.7. The molecule has 2 rings (SSSR count). The van der Waals surface area contributed by atoms with Crippen LogP contribution in [0.25, 0.3) is 0 Å². The van der Waals surface area contributed by atoms with Crippen LogP contribution < -0.4 is 11.1 Å². The van der Waals surface area contributed by atoms with E-state index >= 15 is 0 Å². The van der Waals surface area contributed by atoms with Gasteiger partial charge in [-0.2, -0.15) is 0 Å². The quantitative estimate of drug-likeness (QED) is 0.405. The highest BCUT2D eigenvalue weighted by molar-refractivity contribution is 5.80. The standard InChI is InChI=1S/C21H34N4O/c1-2-23-21(25-15-9-13-19(17-25)16-20(22)26)24-14-8-4-7-12-18-10-5-3-6-11-18/h3,5-6,10-11,19H,2,4,7-9,12-17H2,1H3,(H2,22,26)(H,23,24). The molecular weight excluding hydrogens is 324 g/mol. The van der Waals surface area contributed by atoms with Crippen molar-refractivity contribution < 1.29 is 4.79 Å². The fraction of sp³-hybridized carbons (Fsp3) is 0.619. The van der Waals surface area contributed by atoms with E-state index in [2.05, 4.69) is 47.5 Å². The number of piperidine rings is 1. The lowest BCUT2D eigenvalue weighted by atomic mass is 9.95. The maximum absolute atomic E-state index is 11.2. The number of guanidine groups is 1. The van der Waals surface area contributed by atoms with E-state index in [0.717, 1.165) is 57.8 Å². The monoisotopic (exact) mass is 358 g/mol. The minimum absolute atomic E-state index is 0.197. The molecule has 1 unspecified atom stereocenters. The molecule has 1 aromatic carbocycles. The Morgan fingerprint density at radius 1 is 1.27 bits per heavy atom. The van der Waals surface area contributed by atoms with Gasteiger partial charge in [0.25, 0.3) is 0 Å². The number of benzene rings is 1. The third-order valence-corrected chi connectivity index (χ3v) is 4.87. The number of carbonyl (C=O) groups is 1. The molecule has 0 saturated carbocycles. The molecule has 1 aliphatic heterocycles. The summed E-state index contributed by atoms with van der Waals surface area (Å²) < 4.78 is 0. The predicted octanol–water partition coefficient (Wildman–Crippen LogP) is 2.95. The van der Waals surface area contributed by atoms with Gasteiger partial charge in [-0.25, -0.2) is 0 Å². The van der Waals surface area contributed by atoms with Crippen LogP contribution in [0.15, 0.2) is 35.3 Å². The van der Waals surface area contributed by atoms with Crippen LogP contribution in [-0.4, -0.2) is 42.9 Å². The number of nitrogens with two attached hydrogens (primary N) is 1. The third-order valence-electron chi connectivity index (χ3n) is 4.87. The first-order valence-corrected chi connectivity index (χ1v) is 10.0. The smallest absolute Gasteiger partial charge is 0.217 e. The number of nitrogens with zero attached hydrogens (tertiary/aromatic N) is 2. The molecular formula is C21H34N4O. The molecule has 1 aromatic rings. The van der Waals surface area contributed by atoms with E-state index < -0.39 is 0 Å². The molecule has 1 aliphatic rings. The number of likely N-dealkylation sites (tertiary alicyclic amines) is 1. The van der Waals surface area contributed by atoms with Crippen LogP contribution in [0.3, 0.4) is 0 Å². The van der Waals surface area contributed by atoms with E-state index in [1.807, 2.05) is 0 Å². The van der Waals surface area contributed by atoms with E-state index in [0.29, 0.717) is 12.3 Å². The molecule has 144 valence electrons. The average Bonchev–Trinajstić information content (AvgIpc) is 2.64. The van der Waals surface area contributed by atoms with Gasteiger partial charge in [-0.15, -0.1) is 0 Å². The Balaban J connectivity index is 1.74. The lowest BCUT2D eigenvalue weighted by Gasteiger charge is -2.34. The van der Waals surface area contributed by atoms with Gasteiger partial charge in [0.15, 0.2) is 5.96 Å². The topological polar surface area (TPSA) is 70.7 Å². The van der Waals surface area contributed by atoms with E-state index in [4.69, 9.17) is 10.7 Å². The van der Waals surface area contributed by atoms with Gasteiger partial charge in [0.1, 0.15) is 0 Å². The average molecular weight is 359 g/mol. The second kappa shape index (κ2) is 11.6. The summed E-state index contributed by atoms with van der Waals surface area (Å²) in [5, 5.41) is 3.40. The van der Waals surface area contributed by atoms with Crippen molar-refractivity contribution in [1.82, 2.24) is 10.2 Å². The molecule has 5 nitrogen and oxygen atoms in total. The molecule has 1 saturated heterocycles. The minimum Gasteiger partial charge on any atom is -0.370 e. The summed E-state index contributed by atoms with van der Waals surface area (Å²) in [6.45, 7) is 5.70. The molecule has 1 fully saturated rings. The van der Waals surface area contributed by atoms with Gasteiger partial charge in [0.05, 0.1) is 0 Å². The molecule has 0 spiro atoms. The van der Waals surface area contributed by atoms with E-state index in [9.17, 15) is 4.79 Å². The lowest BCUT2D eigenvalue weighted by Crippen LogP contribution is -2.47. The van der Waals surface area contributed by atoms with Crippen molar-refractivity contribution in [2.45, 2.75) is 51.9 Å². The Kier molecular flexibility index (Phi) is 9.01. The zero-order chi connectivity index (χ0) is 18.6. The highest BCUT2D eigenvalue weighted by atomic mass is 16.1. The fourth-order valence-electron chi connectivity index (χ4n) is 3.58. The third kappa shape index (κ3) is 7.46. The van der Waals surface area contributed by atoms with E-state index in [1.54, 1.807) is 0 Å². The van der Waals surface area contributed by atoms with Crippen molar-refractivity contribution in [1.29, 1.82) is 0 Å². The van der Waals surface area contributed by atoms with Gasteiger partial charge in [-0.05, 0) is 50.5 Å². The van der Waals surface area contributed by atoms with Gasteiger partial charge in [-0.3, -0.25) is 9.79 Å². The van der Waals surface area contributed by atoms with E-state index in [1.165, 1.54) is 18.4 Å². The highest BCUT2D eigenvalue weighted by Gasteiger charge is 2.23. The summed E-state index contributed by atoms with van der Waals surface area (Å²) in [6, 6.07) is 10.7. The molecule has 1 heterocycles. The van der Waals surface area contributed by atoms with Crippen LogP contribution in [0.2, 0.25) is 0 Å². The second-order valence-corrected chi connectivity index (χ2v) is 7.16. The molecule has 0 bridgehead atoms. The van der Waals surface area contributed by atoms with Gasteiger partial charge < -0.3 is 16.0 Å². The van der Waals surface area contributed by atoms with Crippen LogP contribution in [-0.2, 0) is 11.2 Å². The number of aliphatic imine (C=N–C) groups is 1. The largest absolute Gasteiger partial charge is 0.370 e. The Morgan fingerprint density at radius 3 is 2.81 bits per heavy atom. The van der Waals surface area contributed by atoms with Crippen molar-refractivity contribution >= 4 is 11.9 Å². The SMILES string of the molecule is CCNC(=NCCCCCc1ccccc1)N1CCCC(CC(N)=O)C1. The maximum Gasteiger partial charge on any atom is 0.217 e. The Labute approximate surface area is 158 Å². The first kappa shape index (κ1) is 20.3. The normalized spacial score (nSPS) is 18.0. The van der Waals surface area contributed by atoms with Crippen molar-refractivity contribution in [3.8, 4) is 0 Å². The molecule has 0 aliphatic carbocycles. The van der Waals surface area contributed by atoms with Crippen LogP contribution >= 0.6 is 0 Å². The summed E-state index contributed by atoms with van der Waals surface area (Å²) in [5.74, 6) is 1.15. The molecule has 1 atom stereocenters. The number of unbranched alkanes of at least 4 members (excludes halogenated alkanes) is 2. The van der Waals surface area contributed by atoms with Crippen LogP contribution in [0.5, 0.6) is 0 Å². The number of aryl methyl sites for hydroxylation is 1. The van der Waals surface area contributed by atoms with Crippen LogP contribution in [0.4, 0.5) is 0 Å². The highest BCUT2D eigenvalue weighted by Crippen LogP contribution is 2.19. The Morgan fingerprint density at radius 2 is 2.08 bits per heavy atom. The van der Waals surface area contributed by atoms with Gasteiger partial charge in [-0.1, -0.05) is 36.8 Å². The molecule has 5 heteroatoms. The minimum atomic E-state index is -0.197. The molecule has 0 aromatic heterocycles. The number of hydrogen-bond acceptors (Lipinski definition) is 2. The Bertz CT molecular complexity index is 558. The van der Waals surface area contributed by atoms with Gasteiger partial charge >= 0.3 is 0 Å². The van der Waals surface area contributed by atoms with Crippen molar-refractivity contribution in [2.75, 3.05) is 26.2 Å². The number of nitrogens with one attached hydrogen (secondary N) is 1. The van der Waals surface area contributed by atoms with E-state index in [-0.39, 0.29) is 5.91 Å². The predicted molar refractivity (Wildman–Crippen MR) is 108 cm³/mol. The fourth-order valence-corrected chi connectivity index (χ4v) is 3.58. The second-order valence-electron chi connectivity index (χ2n) is 7.16. The molecule has 26 heavy (non-hydrogen) atoms. The number of carbonyl (C=O) groups excluding carboxylic acids is 1. The zero-order valence-corrected chi connectivity index (χ0v) is 16.1. The summed E-state index contributed by atoms with van der Waals surface area (Å²) in [7, 11) is 0. The van der Waals surface area contributed by atoms with Crippen LogP contribution in [0.1, 0.15) is 51.0 Å². The van der Waals surface area contributed by atoms with Crippen molar-refractivity contribution in [2.24, 2.45) is 16.6 Å². The van der Waals surface area contributed by atoms with Crippen molar-refractivity contribution in [3.05, 3.63) is 35.9 Å². The summed E-state index contributed by atoms with van der Waals surface area (Å²) in [5.41, 5.74) is 6.78. The summed E-state index contributed by atoms with van der Waals surface area (Å²) in [4.78, 5) is 18.3. The molecule has 3 N–H and O–H groups in total. The molecule has 1 amide bonds. The van der Waals surface area contributed by atoms with Crippen LogP contribution in [0, 0.1) is 5.92 Å². The summed E-state index contributed by atoms with van der Waals surface area (Å²) in [6.07, 6.45) is 7.32. The number of rotatable bonds is 9. The van der Waals surface area contributed by atoms with Gasteiger partial charge in [0, 0.05) is 32.6 Å². The maximum atomic E-state index is 11.2. The zero-order valence-electron chi connectivity index (χ0n) is 16.1. The van der Waals surface area contributed by atoms with Gasteiger partial charge in [0.2, 0.25) is 5.91 Å². The summed E-state index contributed by atoms with van der Waals surface area (Å²) >= 11 is 0. The number of hydrogen-bond donors (Lipinski definition) is 2. The number of amides is 1. The Hall–Kier alpha value is -2.04. The molecule has 0 radical (unpaired) electrons. The number of primary amides is 1. The lowest BCUT2D eigenvalue weighted by molar-refractivity contribution is -0.119.